The average Bonchev–Trinajstić information content (AvgIpc) is 2.41. The highest BCUT2D eigenvalue weighted by Crippen LogP contribution is 2.34. The summed E-state index contributed by atoms with van der Waals surface area (Å²) in [5, 5.41) is 2.74. The lowest BCUT2D eigenvalue weighted by molar-refractivity contribution is -0.274. The Labute approximate surface area is 126 Å². The van der Waals surface area contributed by atoms with E-state index in [4.69, 9.17) is 4.74 Å². The van der Waals surface area contributed by atoms with Crippen molar-refractivity contribution in [2.24, 2.45) is 0 Å². The number of rotatable bonds is 4. The van der Waals surface area contributed by atoms with Crippen LogP contribution >= 0.6 is 15.9 Å². The first-order valence-corrected chi connectivity index (χ1v) is 6.40. The van der Waals surface area contributed by atoms with Gasteiger partial charge < -0.3 is 14.8 Å². The molecule has 0 amide bonds. The number of nitrogens with one attached hydrogen (secondary N) is 1. The molecule has 0 saturated heterocycles. The van der Waals surface area contributed by atoms with E-state index in [9.17, 15) is 13.2 Å². The SMILES string of the molecule is CNc1nccc(Oc2ccc(OC(F)(F)F)c(Br)c2)n1. The molecule has 112 valence electrons. The number of nitrogens with zero attached hydrogens (tertiary/aromatic N) is 2. The Balaban J connectivity index is 2.16. The van der Waals surface area contributed by atoms with Crippen LogP contribution in [0.4, 0.5) is 19.1 Å². The zero-order valence-electron chi connectivity index (χ0n) is 10.6. The lowest BCUT2D eigenvalue weighted by Crippen LogP contribution is -2.17. The molecule has 5 nitrogen and oxygen atoms in total. The van der Waals surface area contributed by atoms with Gasteiger partial charge in [-0.25, -0.2) is 4.98 Å². The van der Waals surface area contributed by atoms with E-state index in [0.29, 0.717) is 11.7 Å². The van der Waals surface area contributed by atoms with Crippen LogP contribution in [0, 0.1) is 0 Å². The van der Waals surface area contributed by atoms with E-state index in [1.165, 1.54) is 24.4 Å². The summed E-state index contributed by atoms with van der Waals surface area (Å²) in [6.45, 7) is 0. The van der Waals surface area contributed by atoms with Crippen molar-refractivity contribution in [1.29, 1.82) is 0 Å². The quantitative estimate of drug-likeness (QED) is 0.890. The molecule has 1 aromatic carbocycles. The maximum absolute atomic E-state index is 12.2. The van der Waals surface area contributed by atoms with Crippen molar-refractivity contribution in [2.45, 2.75) is 6.36 Å². The molecule has 0 atom stereocenters. The first-order chi connectivity index (χ1) is 9.87. The monoisotopic (exact) mass is 363 g/mol. The van der Waals surface area contributed by atoms with Gasteiger partial charge in [0.25, 0.3) is 0 Å². The van der Waals surface area contributed by atoms with Crippen LogP contribution < -0.4 is 14.8 Å². The molecule has 1 N–H and O–H groups in total. The van der Waals surface area contributed by atoms with E-state index in [-0.39, 0.29) is 16.1 Å². The molecule has 0 unspecified atom stereocenters. The first kappa shape index (κ1) is 15.4. The van der Waals surface area contributed by atoms with E-state index in [1.807, 2.05) is 0 Å². The van der Waals surface area contributed by atoms with Crippen molar-refractivity contribution >= 4 is 21.9 Å². The van der Waals surface area contributed by atoms with Gasteiger partial charge in [-0.3, -0.25) is 0 Å². The molecule has 21 heavy (non-hydrogen) atoms. The van der Waals surface area contributed by atoms with Crippen LogP contribution in [0.2, 0.25) is 0 Å². The fraction of sp³-hybridized carbons (Fsp3) is 0.167. The molecule has 0 aliphatic heterocycles. The lowest BCUT2D eigenvalue weighted by Gasteiger charge is -2.12. The summed E-state index contributed by atoms with van der Waals surface area (Å²) in [6.07, 6.45) is -3.26. The summed E-state index contributed by atoms with van der Waals surface area (Å²) in [6, 6.07) is 5.36. The zero-order valence-corrected chi connectivity index (χ0v) is 12.2. The van der Waals surface area contributed by atoms with Gasteiger partial charge in [-0.1, -0.05) is 0 Å². The smallest absolute Gasteiger partial charge is 0.439 e. The first-order valence-electron chi connectivity index (χ1n) is 5.61. The summed E-state index contributed by atoms with van der Waals surface area (Å²) in [5.41, 5.74) is 0. The molecular weight excluding hydrogens is 355 g/mol. The van der Waals surface area contributed by atoms with Gasteiger partial charge in [0.05, 0.1) is 4.47 Å². The Morgan fingerprint density at radius 2 is 2.00 bits per heavy atom. The van der Waals surface area contributed by atoms with Gasteiger partial charge in [0.15, 0.2) is 0 Å². The third-order valence-corrected chi connectivity index (χ3v) is 2.82. The van der Waals surface area contributed by atoms with E-state index < -0.39 is 6.36 Å². The van der Waals surface area contributed by atoms with Crippen LogP contribution in [-0.2, 0) is 0 Å². The van der Waals surface area contributed by atoms with E-state index in [0.717, 1.165) is 6.07 Å². The fourth-order valence-electron chi connectivity index (χ4n) is 1.39. The Kier molecular flexibility index (Phi) is 4.51. The molecule has 0 saturated carbocycles. The van der Waals surface area contributed by atoms with Gasteiger partial charge in [-0.15, -0.1) is 13.2 Å². The Morgan fingerprint density at radius 1 is 1.24 bits per heavy atom. The highest BCUT2D eigenvalue weighted by molar-refractivity contribution is 9.10. The normalized spacial score (nSPS) is 11.1. The second-order valence-electron chi connectivity index (χ2n) is 3.71. The Hall–Kier alpha value is -2.03. The van der Waals surface area contributed by atoms with Crippen LogP contribution in [0.25, 0.3) is 0 Å². The Morgan fingerprint density at radius 3 is 2.62 bits per heavy atom. The predicted octanol–water partition coefficient (Wildman–Crippen LogP) is 3.97. The van der Waals surface area contributed by atoms with Crippen LogP contribution in [0.15, 0.2) is 34.9 Å². The van der Waals surface area contributed by atoms with Crippen molar-refractivity contribution in [1.82, 2.24) is 9.97 Å². The Bertz CT molecular complexity index is 637. The second kappa shape index (κ2) is 6.17. The second-order valence-corrected chi connectivity index (χ2v) is 4.56. The highest BCUT2D eigenvalue weighted by Gasteiger charge is 2.32. The number of alkyl halides is 3. The van der Waals surface area contributed by atoms with Crippen LogP contribution in [-0.4, -0.2) is 23.4 Å². The molecule has 2 rings (SSSR count). The number of halogens is 4. The minimum atomic E-state index is -4.75. The van der Waals surface area contributed by atoms with Gasteiger partial charge >= 0.3 is 6.36 Å². The van der Waals surface area contributed by atoms with Gasteiger partial charge in [0.1, 0.15) is 11.5 Å². The van der Waals surface area contributed by atoms with Crippen molar-refractivity contribution in [3.63, 3.8) is 0 Å². The van der Waals surface area contributed by atoms with Crippen molar-refractivity contribution in [3.05, 3.63) is 34.9 Å². The fourth-order valence-corrected chi connectivity index (χ4v) is 1.83. The molecule has 9 heteroatoms. The summed E-state index contributed by atoms with van der Waals surface area (Å²) in [5.74, 6) is 0.569. The van der Waals surface area contributed by atoms with Crippen molar-refractivity contribution < 1.29 is 22.6 Å². The minimum absolute atomic E-state index is 0.111. The van der Waals surface area contributed by atoms with Crippen LogP contribution in [0.3, 0.4) is 0 Å². The van der Waals surface area contributed by atoms with Gasteiger partial charge in [0.2, 0.25) is 11.8 Å². The van der Waals surface area contributed by atoms with E-state index in [2.05, 4.69) is 36.0 Å². The summed E-state index contributed by atoms with van der Waals surface area (Å²) in [4.78, 5) is 7.94. The largest absolute Gasteiger partial charge is 0.573 e. The molecule has 0 spiro atoms. The molecule has 0 aliphatic carbocycles. The zero-order chi connectivity index (χ0) is 15.5. The number of aromatic nitrogens is 2. The predicted molar refractivity (Wildman–Crippen MR) is 72.5 cm³/mol. The van der Waals surface area contributed by atoms with E-state index in [1.54, 1.807) is 7.05 Å². The summed E-state index contributed by atoms with van der Waals surface area (Å²) >= 11 is 2.99. The topological polar surface area (TPSA) is 56.3 Å². The number of anilines is 1. The number of hydrogen-bond donors (Lipinski definition) is 1. The van der Waals surface area contributed by atoms with Crippen LogP contribution in [0.1, 0.15) is 0 Å². The highest BCUT2D eigenvalue weighted by atomic mass is 79.9. The molecule has 0 fully saturated rings. The maximum atomic E-state index is 12.2. The molecule has 1 aromatic heterocycles. The molecule has 2 aromatic rings. The maximum Gasteiger partial charge on any atom is 0.573 e. The van der Waals surface area contributed by atoms with Crippen molar-refractivity contribution in [2.75, 3.05) is 12.4 Å². The number of benzene rings is 1. The summed E-state index contributed by atoms with van der Waals surface area (Å²) < 4.78 is 45.8. The molecule has 0 bridgehead atoms. The van der Waals surface area contributed by atoms with Gasteiger partial charge in [-0.2, -0.15) is 4.98 Å². The van der Waals surface area contributed by atoms with Gasteiger partial charge in [-0.05, 0) is 34.1 Å². The van der Waals surface area contributed by atoms with E-state index >= 15 is 0 Å². The molecule has 0 radical (unpaired) electrons. The molecule has 0 aliphatic rings. The molecular formula is C12H9BrF3N3O2. The minimum Gasteiger partial charge on any atom is -0.439 e. The third kappa shape index (κ3) is 4.48. The standard InChI is InChI=1S/C12H9BrF3N3O2/c1-17-11-18-5-4-10(19-11)20-7-2-3-9(8(13)6-7)21-12(14,15)16/h2-6H,1H3,(H,17,18,19). The number of ether oxygens (including phenoxy) is 2. The number of hydrogen-bond acceptors (Lipinski definition) is 5. The third-order valence-electron chi connectivity index (χ3n) is 2.21. The average molecular weight is 364 g/mol. The molecule has 1 heterocycles. The summed E-state index contributed by atoms with van der Waals surface area (Å²) in [7, 11) is 1.65. The lowest BCUT2D eigenvalue weighted by atomic mass is 10.3. The van der Waals surface area contributed by atoms with Crippen LogP contribution in [0.5, 0.6) is 17.4 Å². The van der Waals surface area contributed by atoms with Gasteiger partial charge in [0, 0.05) is 19.3 Å². The van der Waals surface area contributed by atoms with Crippen molar-refractivity contribution in [3.8, 4) is 17.4 Å².